The Balaban J connectivity index is 2.24. The summed E-state index contributed by atoms with van der Waals surface area (Å²) in [7, 11) is 2.11. The summed E-state index contributed by atoms with van der Waals surface area (Å²) < 4.78 is 13.0. The average Bonchev–Trinajstić information content (AvgIpc) is 3.05. The fourth-order valence-corrected chi connectivity index (χ4v) is 2.26. The van der Waals surface area contributed by atoms with Crippen LogP contribution in [0.25, 0.3) is 0 Å². The highest BCUT2D eigenvalue weighted by molar-refractivity contribution is 5.30. The summed E-state index contributed by atoms with van der Waals surface area (Å²) in [4.78, 5) is 2.32. The van der Waals surface area contributed by atoms with Crippen LogP contribution in [0.15, 0.2) is 18.2 Å². The molecular weight excluding hydrogens is 203 g/mol. The van der Waals surface area contributed by atoms with Crippen molar-refractivity contribution in [2.75, 3.05) is 13.6 Å². The minimum absolute atomic E-state index is 0.175. The molecule has 0 amide bonds. The Kier molecular flexibility index (Phi) is 3.26. The first-order chi connectivity index (χ1) is 7.63. The monoisotopic (exact) mass is 222 g/mol. The minimum atomic E-state index is -0.175. The third-order valence-corrected chi connectivity index (χ3v) is 3.43. The Morgan fingerprint density at radius 1 is 1.50 bits per heavy atom. The van der Waals surface area contributed by atoms with Crippen LogP contribution in [0.2, 0.25) is 0 Å². The van der Waals surface area contributed by atoms with Crippen LogP contribution in [0.1, 0.15) is 30.0 Å². The summed E-state index contributed by atoms with van der Waals surface area (Å²) in [5.41, 5.74) is 7.98. The van der Waals surface area contributed by atoms with E-state index in [1.165, 1.54) is 18.9 Å². The van der Waals surface area contributed by atoms with E-state index in [1.54, 1.807) is 6.07 Å². The number of aryl methyl sites for hydroxylation is 1. The zero-order valence-electron chi connectivity index (χ0n) is 9.91. The van der Waals surface area contributed by atoms with Gasteiger partial charge in [0.1, 0.15) is 5.82 Å². The van der Waals surface area contributed by atoms with Gasteiger partial charge in [-0.1, -0.05) is 6.07 Å². The highest BCUT2D eigenvalue weighted by atomic mass is 19.1. The van der Waals surface area contributed by atoms with Gasteiger partial charge < -0.3 is 5.73 Å². The molecule has 0 radical (unpaired) electrons. The Bertz CT molecular complexity index is 374. The van der Waals surface area contributed by atoms with Crippen molar-refractivity contribution >= 4 is 0 Å². The Labute approximate surface area is 96.2 Å². The standard InChI is InChI=1S/C13H19FN2/c1-9-7-10(14)3-6-12(9)13(8-15)16(2)11-4-5-11/h3,6-7,11,13H,4-5,8,15H2,1-2H3. The van der Waals surface area contributed by atoms with E-state index < -0.39 is 0 Å². The molecule has 3 heteroatoms. The number of hydrogen-bond acceptors (Lipinski definition) is 2. The van der Waals surface area contributed by atoms with Crippen LogP contribution in [-0.2, 0) is 0 Å². The zero-order valence-corrected chi connectivity index (χ0v) is 9.91. The Morgan fingerprint density at radius 2 is 2.19 bits per heavy atom. The predicted octanol–water partition coefficient (Wildman–Crippen LogP) is 2.23. The van der Waals surface area contributed by atoms with Crippen LogP contribution in [0, 0.1) is 12.7 Å². The van der Waals surface area contributed by atoms with Crippen molar-refractivity contribution in [1.82, 2.24) is 4.90 Å². The number of nitrogens with zero attached hydrogens (tertiary/aromatic N) is 1. The van der Waals surface area contributed by atoms with E-state index in [0.717, 1.165) is 11.1 Å². The van der Waals surface area contributed by atoms with E-state index in [2.05, 4.69) is 11.9 Å². The lowest BCUT2D eigenvalue weighted by Crippen LogP contribution is -2.32. The fourth-order valence-electron chi connectivity index (χ4n) is 2.26. The SMILES string of the molecule is Cc1cc(F)ccc1C(CN)N(C)C1CC1. The smallest absolute Gasteiger partial charge is 0.123 e. The molecule has 1 unspecified atom stereocenters. The van der Waals surface area contributed by atoms with E-state index in [1.807, 2.05) is 13.0 Å². The summed E-state index contributed by atoms with van der Waals surface area (Å²) >= 11 is 0. The summed E-state index contributed by atoms with van der Waals surface area (Å²) in [6.07, 6.45) is 2.51. The molecular formula is C13H19FN2. The van der Waals surface area contributed by atoms with Crippen LogP contribution >= 0.6 is 0 Å². The Hall–Kier alpha value is -0.930. The van der Waals surface area contributed by atoms with Gasteiger partial charge in [-0.25, -0.2) is 4.39 Å². The molecule has 0 spiro atoms. The van der Waals surface area contributed by atoms with Crippen molar-refractivity contribution in [2.24, 2.45) is 5.73 Å². The fraction of sp³-hybridized carbons (Fsp3) is 0.538. The molecule has 0 aliphatic heterocycles. The van der Waals surface area contributed by atoms with Crippen LogP contribution < -0.4 is 5.73 Å². The number of nitrogens with two attached hydrogens (primary N) is 1. The lowest BCUT2D eigenvalue weighted by atomic mass is 10.00. The van der Waals surface area contributed by atoms with Crippen molar-refractivity contribution in [3.63, 3.8) is 0 Å². The van der Waals surface area contributed by atoms with Crippen molar-refractivity contribution in [3.8, 4) is 0 Å². The number of benzene rings is 1. The first kappa shape index (κ1) is 11.6. The second-order valence-electron chi connectivity index (χ2n) is 4.65. The molecule has 1 fully saturated rings. The second-order valence-corrected chi connectivity index (χ2v) is 4.65. The van der Waals surface area contributed by atoms with Gasteiger partial charge in [-0.2, -0.15) is 0 Å². The number of rotatable bonds is 4. The maximum Gasteiger partial charge on any atom is 0.123 e. The quantitative estimate of drug-likeness (QED) is 0.846. The van der Waals surface area contributed by atoms with Crippen molar-refractivity contribution in [2.45, 2.75) is 31.8 Å². The van der Waals surface area contributed by atoms with E-state index in [0.29, 0.717) is 12.6 Å². The molecule has 0 aromatic heterocycles. The van der Waals surface area contributed by atoms with Crippen LogP contribution in [-0.4, -0.2) is 24.5 Å². The molecule has 2 N–H and O–H groups in total. The van der Waals surface area contributed by atoms with Gasteiger partial charge in [0.2, 0.25) is 0 Å². The summed E-state index contributed by atoms with van der Waals surface area (Å²) in [6.45, 7) is 2.53. The summed E-state index contributed by atoms with van der Waals surface area (Å²) in [6, 6.07) is 5.84. The number of halogens is 1. The van der Waals surface area contributed by atoms with Gasteiger partial charge in [-0.3, -0.25) is 4.90 Å². The average molecular weight is 222 g/mol. The van der Waals surface area contributed by atoms with Gasteiger partial charge in [-0.15, -0.1) is 0 Å². The van der Waals surface area contributed by atoms with Gasteiger partial charge >= 0.3 is 0 Å². The maximum absolute atomic E-state index is 13.0. The largest absolute Gasteiger partial charge is 0.329 e. The molecule has 16 heavy (non-hydrogen) atoms. The molecule has 88 valence electrons. The zero-order chi connectivity index (χ0) is 11.7. The molecule has 0 bridgehead atoms. The maximum atomic E-state index is 13.0. The van der Waals surface area contributed by atoms with Crippen molar-refractivity contribution in [1.29, 1.82) is 0 Å². The summed E-state index contributed by atoms with van der Waals surface area (Å²) in [5.74, 6) is -0.175. The van der Waals surface area contributed by atoms with Crippen molar-refractivity contribution < 1.29 is 4.39 Å². The van der Waals surface area contributed by atoms with Crippen molar-refractivity contribution in [3.05, 3.63) is 35.1 Å². The first-order valence-corrected chi connectivity index (χ1v) is 5.81. The lowest BCUT2D eigenvalue weighted by molar-refractivity contribution is 0.239. The molecule has 1 aliphatic rings. The number of likely N-dealkylation sites (N-methyl/N-ethyl adjacent to an activating group) is 1. The molecule has 0 saturated heterocycles. The third-order valence-electron chi connectivity index (χ3n) is 3.43. The van der Waals surface area contributed by atoms with Gasteiger partial charge in [0.05, 0.1) is 0 Å². The first-order valence-electron chi connectivity index (χ1n) is 5.81. The van der Waals surface area contributed by atoms with Gasteiger partial charge in [-0.05, 0) is 50.1 Å². The highest BCUT2D eigenvalue weighted by Gasteiger charge is 2.31. The molecule has 1 saturated carbocycles. The van der Waals surface area contributed by atoms with Crippen LogP contribution in [0.4, 0.5) is 4.39 Å². The lowest BCUT2D eigenvalue weighted by Gasteiger charge is -2.28. The predicted molar refractivity (Wildman–Crippen MR) is 63.7 cm³/mol. The number of hydrogen-bond donors (Lipinski definition) is 1. The van der Waals surface area contributed by atoms with E-state index in [9.17, 15) is 4.39 Å². The molecule has 2 rings (SSSR count). The molecule has 2 nitrogen and oxygen atoms in total. The second kappa shape index (κ2) is 4.52. The van der Waals surface area contributed by atoms with Gasteiger partial charge in [0.25, 0.3) is 0 Å². The molecule has 1 aromatic carbocycles. The third kappa shape index (κ3) is 2.25. The van der Waals surface area contributed by atoms with E-state index in [4.69, 9.17) is 5.73 Å². The van der Waals surface area contributed by atoms with Gasteiger partial charge in [0.15, 0.2) is 0 Å². The van der Waals surface area contributed by atoms with E-state index >= 15 is 0 Å². The molecule has 1 aromatic rings. The summed E-state index contributed by atoms with van der Waals surface area (Å²) in [5, 5.41) is 0. The van der Waals surface area contributed by atoms with Crippen LogP contribution in [0.3, 0.4) is 0 Å². The van der Waals surface area contributed by atoms with Gasteiger partial charge in [0, 0.05) is 18.6 Å². The molecule has 1 atom stereocenters. The topological polar surface area (TPSA) is 29.3 Å². The highest BCUT2D eigenvalue weighted by Crippen LogP contribution is 2.33. The Morgan fingerprint density at radius 3 is 2.69 bits per heavy atom. The normalized spacial score (nSPS) is 17.8. The minimum Gasteiger partial charge on any atom is -0.329 e. The molecule has 0 heterocycles. The molecule has 1 aliphatic carbocycles. The van der Waals surface area contributed by atoms with Crippen LogP contribution in [0.5, 0.6) is 0 Å². The van der Waals surface area contributed by atoms with E-state index in [-0.39, 0.29) is 11.9 Å².